The Morgan fingerprint density at radius 2 is 1.50 bits per heavy atom. The van der Waals surface area contributed by atoms with Crippen LogP contribution in [0.5, 0.6) is 0 Å². The molecule has 0 spiro atoms. The molecule has 1 aliphatic heterocycles. The predicted molar refractivity (Wildman–Crippen MR) is 141 cm³/mol. The van der Waals surface area contributed by atoms with Crippen molar-refractivity contribution in [2.75, 3.05) is 6.61 Å². The number of amides is 1. The topological polar surface area (TPSA) is 114 Å². The summed E-state index contributed by atoms with van der Waals surface area (Å²) in [6, 6.07) is 27.2. The maximum absolute atomic E-state index is 13.5. The second kappa shape index (κ2) is 13.8. The van der Waals surface area contributed by atoms with E-state index in [-0.39, 0.29) is 19.8 Å². The summed E-state index contributed by atoms with van der Waals surface area (Å²) in [7, 11) is 0. The fraction of sp³-hybridized carbons (Fsp3) is 0.310. The Labute approximate surface area is 221 Å². The maximum atomic E-state index is 13.5. The number of hydrogen-bond donors (Lipinski definition) is 0. The fourth-order valence-corrected chi connectivity index (χ4v) is 4.33. The maximum Gasteiger partial charge on any atom is 0.410 e. The van der Waals surface area contributed by atoms with Crippen LogP contribution in [0.25, 0.3) is 10.4 Å². The number of carbonyl (C=O) groups excluding carboxylic acids is 2. The fourth-order valence-electron chi connectivity index (χ4n) is 4.33. The SMILES string of the molecule is [N-]=[N+]=N[C@@H]1CC[C@@H]([C@H](COCc2ccccc2)N(Cc2ccccc2)C(=O)OCc2ccccc2)OC1=O. The molecular weight excluding hydrogens is 484 g/mol. The van der Waals surface area contributed by atoms with E-state index in [1.807, 2.05) is 91.0 Å². The third kappa shape index (κ3) is 7.59. The van der Waals surface area contributed by atoms with Crippen molar-refractivity contribution in [3.05, 3.63) is 118 Å². The Kier molecular flexibility index (Phi) is 9.73. The van der Waals surface area contributed by atoms with E-state index in [4.69, 9.17) is 19.7 Å². The molecule has 0 aromatic heterocycles. The third-order valence-electron chi connectivity index (χ3n) is 6.32. The number of carbonyl (C=O) groups is 2. The third-order valence-corrected chi connectivity index (χ3v) is 6.32. The first-order valence-electron chi connectivity index (χ1n) is 12.5. The molecule has 1 aliphatic rings. The van der Waals surface area contributed by atoms with E-state index in [1.54, 1.807) is 4.90 Å². The summed E-state index contributed by atoms with van der Waals surface area (Å²) >= 11 is 0. The summed E-state index contributed by atoms with van der Waals surface area (Å²) in [4.78, 5) is 30.4. The van der Waals surface area contributed by atoms with Gasteiger partial charge in [-0.05, 0) is 35.1 Å². The van der Waals surface area contributed by atoms with Crippen LogP contribution in [0.1, 0.15) is 29.5 Å². The van der Waals surface area contributed by atoms with Crippen molar-refractivity contribution >= 4 is 12.1 Å². The summed E-state index contributed by atoms with van der Waals surface area (Å²) in [6.07, 6.45) is -0.469. The van der Waals surface area contributed by atoms with E-state index in [0.717, 1.165) is 16.7 Å². The Balaban J connectivity index is 1.56. The molecule has 38 heavy (non-hydrogen) atoms. The summed E-state index contributed by atoms with van der Waals surface area (Å²) in [5, 5.41) is 3.54. The van der Waals surface area contributed by atoms with Crippen molar-refractivity contribution in [1.82, 2.24) is 4.90 Å². The first kappa shape index (κ1) is 26.7. The Bertz CT molecular complexity index is 1220. The second-order valence-corrected chi connectivity index (χ2v) is 9.00. The number of ether oxygens (including phenoxy) is 3. The minimum atomic E-state index is -0.880. The zero-order valence-corrected chi connectivity index (χ0v) is 21.0. The average Bonchev–Trinajstić information content (AvgIpc) is 2.96. The average molecular weight is 515 g/mol. The largest absolute Gasteiger partial charge is 0.460 e. The van der Waals surface area contributed by atoms with Gasteiger partial charge >= 0.3 is 12.1 Å². The number of hydrogen-bond acceptors (Lipinski definition) is 6. The highest BCUT2D eigenvalue weighted by atomic mass is 16.6. The van der Waals surface area contributed by atoms with Crippen molar-refractivity contribution in [3.8, 4) is 0 Å². The van der Waals surface area contributed by atoms with Gasteiger partial charge in [0, 0.05) is 11.5 Å². The molecule has 9 nitrogen and oxygen atoms in total. The number of cyclic esters (lactones) is 1. The van der Waals surface area contributed by atoms with Gasteiger partial charge in [0.2, 0.25) is 0 Å². The van der Waals surface area contributed by atoms with E-state index in [0.29, 0.717) is 19.4 Å². The molecule has 0 N–H and O–H groups in total. The molecule has 0 unspecified atom stereocenters. The van der Waals surface area contributed by atoms with E-state index < -0.39 is 30.3 Å². The van der Waals surface area contributed by atoms with E-state index >= 15 is 0 Å². The molecule has 4 rings (SSSR count). The molecule has 3 aromatic carbocycles. The second-order valence-electron chi connectivity index (χ2n) is 9.00. The summed E-state index contributed by atoms with van der Waals surface area (Å²) in [6.45, 7) is 0.789. The van der Waals surface area contributed by atoms with Crippen LogP contribution in [0, 0.1) is 0 Å². The summed E-state index contributed by atoms with van der Waals surface area (Å²) in [5.41, 5.74) is 11.5. The van der Waals surface area contributed by atoms with Crippen LogP contribution in [0.2, 0.25) is 0 Å². The van der Waals surface area contributed by atoms with Gasteiger partial charge in [0.05, 0.1) is 19.3 Å². The minimum Gasteiger partial charge on any atom is -0.460 e. The van der Waals surface area contributed by atoms with E-state index in [2.05, 4.69) is 10.0 Å². The summed E-state index contributed by atoms with van der Waals surface area (Å²) < 4.78 is 17.5. The quantitative estimate of drug-likeness (QED) is 0.139. The molecule has 3 atom stereocenters. The van der Waals surface area contributed by atoms with Gasteiger partial charge in [0.15, 0.2) is 0 Å². The lowest BCUT2D eigenvalue weighted by Gasteiger charge is -2.38. The number of benzene rings is 3. The molecule has 1 saturated heterocycles. The molecule has 196 valence electrons. The van der Waals surface area contributed by atoms with Gasteiger partial charge in [-0.25, -0.2) is 4.79 Å². The van der Waals surface area contributed by atoms with Crippen molar-refractivity contribution in [2.45, 2.75) is 50.8 Å². The minimum absolute atomic E-state index is 0.103. The molecule has 0 radical (unpaired) electrons. The standard InChI is InChI=1S/C29H30N4O5/c30-32-31-25-16-17-27(38-28(25)34)26(21-36-19-23-12-6-2-7-13-23)33(18-22-10-4-1-5-11-22)29(35)37-20-24-14-8-3-9-15-24/h1-15,25-27H,16-21H2/t25-,26+,27+/m1/s1. The molecular formula is C29H30N4O5. The Hall–Kier alpha value is -4.33. The lowest BCUT2D eigenvalue weighted by molar-refractivity contribution is -0.162. The lowest BCUT2D eigenvalue weighted by atomic mass is 9.98. The van der Waals surface area contributed by atoms with Crippen LogP contribution >= 0.6 is 0 Å². The van der Waals surface area contributed by atoms with Gasteiger partial charge in [-0.1, -0.05) is 96.1 Å². The van der Waals surface area contributed by atoms with Gasteiger partial charge in [0.25, 0.3) is 0 Å². The van der Waals surface area contributed by atoms with Crippen LogP contribution < -0.4 is 0 Å². The predicted octanol–water partition coefficient (Wildman–Crippen LogP) is 5.80. The van der Waals surface area contributed by atoms with Crippen LogP contribution in [0.4, 0.5) is 4.79 Å². The van der Waals surface area contributed by atoms with Crippen molar-refractivity contribution < 1.29 is 23.8 Å². The highest BCUT2D eigenvalue weighted by Crippen LogP contribution is 2.25. The van der Waals surface area contributed by atoms with E-state index in [1.165, 1.54) is 0 Å². The van der Waals surface area contributed by atoms with Gasteiger partial charge in [-0.15, -0.1) is 0 Å². The first-order valence-corrected chi connectivity index (χ1v) is 12.5. The molecule has 0 bridgehead atoms. The molecule has 1 amide bonds. The zero-order valence-electron chi connectivity index (χ0n) is 21.0. The molecule has 1 heterocycles. The Morgan fingerprint density at radius 1 is 0.921 bits per heavy atom. The molecule has 0 aliphatic carbocycles. The van der Waals surface area contributed by atoms with Gasteiger partial charge in [-0.3, -0.25) is 9.69 Å². The number of azide groups is 1. The zero-order chi connectivity index (χ0) is 26.6. The molecule has 3 aromatic rings. The van der Waals surface area contributed by atoms with Crippen LogP contribution in [-0.4, -0.2) is 41.8 Å². The number of nitrogens with zero attached hydrogens (tertiary/aromatic N) is 4. The Morgan fingerprint density at radius 3 is 2.08 bits per heavy atom. The van der Waals surface area contributed by atoms with Crippen LogP contribution in [0.15, 0.2) is 96.1 Å². The monoisotopic (exact) mass is 514 g/mol. The molecule has 9 heteroatoms. The van der Waals surface area contributed by atoms with Crippen LogP contribution in [0.3, 0.4) is 0 Å². The van der Waals surface area contributed by atoms with Gasteiger partial charge in [-0.2, -0.15) is 0 Å². The first-order chi connectivity index (χ1) is 18.6. The molecule has 0 saturated carbocycles. The number of rotatable bonds is 11. The van der Waals surface area contributed by atoms with Crippen LogP contribution in [-0.2, 0) is 38.8 Å². The molecule has 1 fully saturated rings. The van der Waals surface area contributed by atoms with Gasteiger partial charge < -0.3 is 14.2 Å². The van der Waals surface area contributed by atoms with E-state index in [9.17, 15) is 9.59 Å². The highest BCUT2D eigenvalue weighted by molar-refractivity contribution is 5.77. The smallest absolute Gasteiger partial charge is 0.410 e. The van der Waals surface area contributed by atoms with Crippen molar-refractivity contribution in [1.29, 1.82) is 0 Å². The normalized spacial score (nSPS) is 17.5. The number of esters is 1. The van der Waals surface area contributed by atoms with Crippen molar-refractivity contribution in [2.24, 2.45) is 5.11 Å². The van der Waals surface area contributed by atoms with Crippen molar-refractivity contribution in [3.63, 3.8) is 0 Å². The lowest BCUT2D eigenvalue weighted by Crippen LogP contribution is -2.53. The van der Waals surface area contributed by atoms with Gasteiger partial charge in [0.1, 0.15) is 18.8 Å². The summed E-state index contributed by atoms with van der Waals surface area (Å²) in [5.74, 6) is -0.607. The highest BCUT2D eigenvalue weighted by Gasteiger charge is 2.39.